The zero-order valence-electron chi connectivity index (χ0n) is 31.8. The number of thiazole rings is 1. The van der Waals surface area contributed by atoms with Crippen molar-refractivity contribution in [2.24, 2.45) is 11.8 Å². The minimum atomic E-state index is -1.22. The molecular formula is C39H44N10O6S. The van der Waals surface area contributed by atoms with Gasteiger partial charge in [0.1, 0.15) is 28.7 Å². The molecule has 5 N–H and O–H groups in total. The second kappa shape index (κ2) is 14.7. The molecule has 4 atom stereocenters. The fourth-order valence-electron chi connectivity index (χ4n) is 8.06. The molecule has 2 aliphatic heterocycles. The number of H-pyrrole nitrogens is 2. The maximum atomic E-state index is 13.7. The predicted molar refractivity (Wildman–Crippen MR) is 211 cm³/mol. The fraction of sp³-hybridized carbons (Fsp3) is 0.436. The van der Waals surface area contributed by atoms with Gasteiger partial charge in [-0.25, -0.2) is 29.5 Å². The maximum Gasteiger partial charge on any atom is 0.407 e. The Morgan fingerprint density at radius 1 is 0.750 bits per heavy atom. The first-order valence-electron chi connectivity index (χ1n) is 19.0. The summed E-state index contributed by atoms with van der Waals surface area (Å²) >= 11 is 1.52. The first-order chi connectivity index (χ1) is 26.9. The summed E-state index contributed by atoms with van der Waals surface area (Å²) in [6.45, 7) is 8.53. The molecule has 0 unspecified atom stereocenters. The van der Waals surface area contributed by atoms with Crippen LogP contribution in [0.5, 0.6) is 0 Å². The highest BCUT2D eigenvalue weighted by molar-refractivity contribution is 7.22. The van der Waals surface area contributed by atoms with Crippen molar-refractivity contribution < 1.29 is 29.0 Å². The van der Waals surface area contributed by atoms with Gasteiger partial charge in [0, 0.05) is 18.5 Å². The number of hydrogen-bond acceptors (Lipinski definition) is 10. The molecule has 16 nitrogen and oxygen atoms in total. The number of aromatic nitrogens is 6. The molecule has 6 aromatic rings. The van der Waals surface area contributed by atoms with Crippen LogP contribution < -0.4 is 10.6 Å². The van der Waals surface area contributed by atoms with E-state index in [1.165, 1.54) is 18.4 Å². The van der Waals surface area contributed by atoms with Crippen molar-refractivity contribution in [3.63, 3.8) is 0 Å². The minimum Gasteiger partial charge on any atom is -0.465 e. The Bertz CT molecular complexity index is 2510. The van der Waals surface area contributed by atoms with E-state index in [9.17, 15) is 24.3 Å². The molecule has 4 amide bonds. The summed E-state index contributed by atoms with van der Waals surface area (Å²) in [5.74, 6) is 0.612. The standard InChI is InChI=1S/C39H44N10O6S/c1-18(2)28(46-38(52)53)36(50)48-16-6-8-26(48)33-41-22-13-12-21-20(30(22)44-33)10-11-25(40-21)35-43-24-15-14-23-31(32(24)56-35)45-34(42-23)27-9-7-17-49(27)37(51)29(19(3)4)47-39(54)55-5/h10-15,18-19,26-29,46H,6-9,16-17H2,1-5H3,(H,41,44)(H,42,45)(H,47,54)(H,52,53)/t26-,27-,28-,29-/m0/s1. The highest BCUT2D eigenvalue weighted by Crippen LogP contribution is 2.39. The highest BCUT2D eigenvalue weighted by Gasteiger charge is 2.39. The normalized spacial score (nSPS) is 18.5. The number of ether oxygens (including phenoxy) is 1. The monoisotopic (exact) mass is 780 g/mol. The van der Waals surface area contributed by atoms with Gasteiger partial charge in [0.2, 0.25) is 11.8 Å². The number of amides is 4. The van der Waals surface area contributed by atoms with Gasteiger partial charge >= 0.3 is 12.2 Å². The van der Waals surface area contributed by atoms with Crippen molar-refractivity contribution in [2.75, 3.05) is 20.2 Å². The molecule has 6 heterocycles. The number of carbonyl (C=O) groups is 4. The predicted octanol–water partition coefficient (Wildman–Crippen LogP) is 6.26. The number of pyridine rings is 1. The van der Waals surface area contributed by atoms with Crippen LogP contribution in [-0.4, -0.2) is 101 Å². The number of alkyl carbamates (subject to hydrolysis) is 1. The summed E-state index contributed by atoms with van der Waals surface area (Å²) in [5, 5.41) is 16.1. The Morgan fingerprint density at radius 3 is 1.89 bits per heavy atom. The molecule has 2 saturated heterocycles. The van der Waals surface area contributed by atoms with Gasteiger partial charge in [0.25, 0.3) is 0 Å². The Kier molecular flexibility index (Phi) is 9.72. The van der Waals surface area contributed by atoms with Crippen LogP contribution >= 0.6 is 11.3 Å². The third-order valence-electron chi connectivity index (χ3n) is 10.9. The number of hydrogen-bond donors (Lipinski definition) is 5. The van der Waals surface area contributed by atoms with Crippen LogP contribution in [0.2, 0.25) is 0 Å². The molecular weight excluding hydrogens is 737 g/mol. The number of fused-ring (bicyclic) bond motifs is 6. The first-order valence-corrected chi connectivity index (χ1v) is 19.8. The van der Waals surface area contributed by atoms with Crippen molar-refractivity contribution in [2.45, 2.75) is 77.5 Å². The molecule has 56 heavy (non-hydrogen) atoms. The molecule has 17 heteroatoms. The van der Waals surface area contributed by atoms with Crippen LogP contribution in [-0.2, 0) is 14.3 Å². The number of benzene rings is 2. The summed E-state index contributed by atoms with van der Waals surface area (Å²) in [6.07, 6.45) is 1.21. The van der Waals surface area contributed by atoms with Gasteiger partial charge in [-0.3, -0.25) is 9.59 Å². The summed E-state index contributed by atoms with van der Waals surface area (Å²) in [7, 11) is 1.28. The molecule has 2 aliphatic rings. The van der Waals surface area contributed by atoms with Gasteiger partial charge in [0.05, 0.1) is 62.7 Å². The highest BCUT2D eigenvalue weighted by atomic mass is 32.1. The molecule has 0 spiro atoms. The fourth-order valence-corrected chi connectivity index (χ4v) is 9.09. The van der Waals surface area contributed by atoms with Crippen LogP contribution in [0.4, 0.5) is 9.59 Å². The second-order valence-corrected chi connectivity index (χ2v) is 16.2. The van der Waals surface area contributed by atoms with Crippen molar-refractivity contribution in [3.8, 4) is 10.7 Å². The molecule has 0 aliphatic carbocycles. The Morgan fingerprint density at radius 2 is 1.30 bits per heavy atom. The van der Waals surface area contributed by atoms with Crippen LogP contribution in [0.1, 0.15) is 77.1 Å². The number of methoxy groups -OCH3 is 1. The molecule has 4 aromatic heterocycles. The summed E-state index contributed by atoms with van der Waals surface area (Å²) < 4.78 is 5.71. The molecule has 2 aromatic carbocycles. The van der Waals surface area contributed by atoms with E-state index in [2.05, 4.69) is 20.6 Å². The lowest BCUT2D eigenvalue weighted by molar-refractivity contribution is -0.136. The van der Waals surface area contributed by atoms with Crippen LogP contribution in [0.3, 0.4) is 0 Å². The van der Waals surface area contributed by atoms with Gasteiger partial charge < -0.3 is 40.2 Å². The number of aromatic amines is 2. The number of carbonyl (C=O) groups excluding carboxylic acids is 3. The molecule has 2 fully saturated rings. The zero-order chi connectivity index (χ0) is 39.4. The smallest absolute Gasteiger partial charge is 0.407 e. The topological polar surface area (TPSA) is 211 Å². The third kappa shape index (κ3) is 6.62. The lowest BCUT2D eigenvalue weighted by Crippen LogP contribution is -2.51. The maximum absolute atomic E-state index is 13.7. The number of nitrogens with one attached hydrogen (secondary N) is 4. The molecule has 292 valence electrons. The largest absolute Gasteiger partial charge is 0.465 e. The first kappa shape index (κ1) is 37.1. The van der Waals surface area contributed by atoms with Crippen LogP contribution in [0, 0.1) is 11.8 Å². The van der Waals surface area contributed by atoms with E-state index in [0.29, 0.717) is 30.4 Å². The van der Waals surface area contributed by atoms with E-state index >= 15 is 0 Å². The van der Waals surface area contributed by atoms with Crippen molar-refractivity contribution in [1.29, 1.82) is 0 Å². The van der Waals surface area contributed by atoms with Gasteiger partial charge in [-0.05, 0) is 73.9 Å². The third-order valence-corrected chi connectivity index (χ3v) is 12.0. The summed E-state index contributed by atoms with van der Waals surface area (Å²) in [5.41, 5.74) is 5.48. The van der Waals surface area contributed by atoms with E-state index in [-0.39, 0.29) is 35.7 Å². The Labute approximate surface area is 325 Å². The zero-order valence-corrected chi connectivity index (χ0v) is 32.6. The van der Waals surface area contributed by atoms with Crippen molar-refractivity contribution in [3.05, 3.63) is 48.0 Å². The van der Waals surface area contributed by atoms with E-state index in [4.69, 9.17) is 24.7 Å². The lowest BCUT2D eigenvalue weighted by atomic mass is 10.0. The molecule has 0 radical (unpaired) electrons. The number of nitrogens with zero attached hydrogens (tertiary/aromatic N) is 6. The number of rotatable bonds is 9. The van der Waals surface area contributed by atoms with Gasteiger partial charge in [-0.15, -0.1) is 11.3 Å². The summed E-state index contributed by atoms with van der Waals surface area (Å²) in [6, 6.07) is 9.56. The average Bonchev–Trinajstić information content (AvgIpc) is 4.02. The van der Waals surface area contributed by atoms with E-state index < -0.39 is 24.3 Å². The Balaban J connectivity index is 1.07. The summed E-state index contributed by atoms with van der Waals surface area (Å²) in [4.78, 5) is 81.0. The van der Waals surface area contributed by atoms with Crippen molar-refractivity contribution in [1.82, 2.24) is 50.3 Å². The van der Waals surface area contributed by atoms with Crippen LogP contribution in [0.25, 0.3) is 53.9 Å². The second-order valence-electron chi connectivity index (χ2n) is 15.2. The van der Waals surface area contributed by atoms with E-state index in [1.807, 2.05) is 64.1 Å². The number of carboxylic acid groups (broad SMARTS) is 1. The van der Waals surface area contributed by atoms with Gasteiger partial charge in [-0.2, -0.15) is 0 Å². The van der Waals surface area contributed by atoms with Gasteiger partial charge in [-0.1, -0.05) is 27.7 Å². The number of imidazole rings is 2. The Hall–Kier alpha value is -5.84. The quantitative estimate of drug-likeness (QED) is 0.111. The molecule has 0 bridgehead atoms. The van der Waals surface area contributed by atoms with Gasteiger partial charge in [0.15, 0.2) is 0 Å². The number of likely N-dealkylation sites (tertiary alicyclic amines) is 2. The van der Waals surface area contributed by atoms with E-state index in [1.54, 1.807) is 9.80 Å². The van der Waals surface area contributed by atoms with Crippen molar-refractivity contribution >= 4 is 78.5 Å². The molecule has 0 saturated carbocycles. The SMILES string of the molecule is COC(=O)N[C@H](C(=O)N1CCC[C@H]1c1nc2ccc3nc(-c4ccc5c(ccc6nc([C@@H]7CCCN7C(=O)[C@@H](NC(=O)O)C(C)C)[nH]c65)n4)sc3c2[nH]1)C(C)C. The van der Waals surface area contributed by atoms with Crippen LogP contribution in [0.15, 0.2) is 36.4 Å². The lowest BCUT2D eigenvalue weighted by Gasteiger charge is -2.29. The minimum absolute atomic E-state index is 0.130. The molecule has 8 rings (SSSR count). The van der Waals surface area contributed by atoms with E-state index in [0.717, 1.165) is 73.9 Å². The average molecular weight is 781 g/mol.